The molecule has 0 aliphatic rings. The number of alkyl carbamates (subject to hydrolysis) is 1. The van der Waals surface area contributed by atoms with Crippen molar-refractivity contribution < 1.29 is 33.8 Å². The highest BCUT2D eigenvalue weighted by Crippen LogP contribution is 2.30. The number of nitrogens with one attached hydrogen (secondary N) is 2. The van der Waals surface area contributed by atoms with Crippen molar-refractivity contribution >= 4 is 23.9 Å². The molecule has 0 spiro atoms. The Morgan fingerprint density at radius 1 is 1.11 bits per heavy atom. The van der Waals surface area contributed by atoms with Crippen LogP contribution in [0.25, 0.3) is 0 Å². The van der Waals surface area contributed by atoms with Crippen LogP contribution in [0, 0.1) is 5.92 Å². The molecule has 3 N–H and O–H groups in total. The Kier molecular flexibility index (Phi) is 11.5. The maximum Gasteiger partial charge on any atom is 0.408 e. The van der Waals surface area contributed by atoms with Crippen molar-refractivity contribution in [1.29, 1.82) is 0 Å². The molecule has 196 valence electrons. The summed E-state index contributed by atoms with van der Waals surface area (Å²) in [5.41, 5.74) is -0.570. The van der Waals surface area contributed by atoms with Crippen LogP contribution in [0.5, 0.6) is 5.75 Å². The second-order valence-electron chi connectivity index (χ2n) is 9.30. The fourth-order valence-corrected chi connectivity index (χ4v) is 3.40. The van der Waals surface area contributed by atoms with E-state index in [1.165, 1.54) is 24.1 Å². The highest BCUT2D eigenvalue weighted by Gasteiger charge is 2.38. The molecule has 0 aliphatic heterocycles. The number of benzene rings is 1. The summed E-state index contributed by atoms with van der Waals surface area (Å²) in [5.74, 6) is -2.29. The van der Waals surface area contributed by atoms with Gasteiger partial charge in [-0.15, -0.1) is 0 Å². The molecule has 3 unspecified atom stereocenters. The summed E-state index contributed by atoms with van der Waals surface area (Å²) < 4.78 is 9.94. The largest absolute Gasteiger partial charge is 0.508 e. The minimum atomic E-state index is -1.25. The normalized spacial score (nSPS) is 13.7. The third-order valence-electron chi connectivity index (χ3n) is 5.32. The van der Waals surface area contributed by atoms with E-state index in [4.69, 9.17) is 4.74 Å². The molecule has 0 saturated heterocycles. The van der Waals surface area contributed by atoms with Gasteiger partial charge in [0.1, 0.15) is 30.0 Å². The van der Waals surface area contributed by atoms with Crippen molar-refractivity contribution in [2.75, 3.05) is 20.2 Å². The quantitative estimate of drug-likeness (QED) is 0.404. The maximum absolute atomic E-state index is 13.9. The van der Waals surface area contributed by atoms with Gasteiger partial charge in [0.15, 0.2) is 0 Å². The number of phenols is 1. The summed E-state index contributed by atoms with van der Waals surface area (Å²) in [7, 11) is 1.20. The lowest BCUT2D eigenvalue weighted by Crippen LogP contribution is -2.55. The van der Waals surface area contributed by atoms with E-state index in [0.717, 1.165) is 0 Å². The molecule has 1 rings (SSSR count). The van der Waals surface area contributed by atoms with Gasteiger partial charge in [0.2, 0.25) is 11.8 Å². The van der Waals surface area contributed by atoms with E-state index in [0.29, 0.717) is 12.8 Å². The van der Waals surface area contributed by atoms with Crippen molar-refractivity contribution in [1.82, 2.24) is 15.5 Å². The molecule has 0 aromatic heterocycles. The number of rotatable bonds is 11. The lowest BCUT2D eigenvalue weighted by atomic mass is 9.95. The number of phenolic OH excluding ortho intramolecular Hbond substituents is 1. The van der Waals surface area contributed by atoms with Gasteiger partial charge >= 0.3 is 12.1 Å². The molecule has 0 aliphatic carbocycles. The van der Waals surface area contributed by atoms with Crippen LogP contribution in [-0.4, -0.2) is 65.7 Å². The lowest BCUT2D eigenvalue weighted by Gasteiger charge is -2.36. The van der Waals surface area contributed by atoms with Crippen LogP contribution in [-0.2, 0) is 23.9 Å². The first-order valence-electron chi connectivity index (χ1n) is 11.8. The standard InChI is InChI=1S/C25H39N3O7/c1-8-14-28(23(32)20(16(3)9-2)27-24(33)35-25(4,5)6)21(17-12-10-11-13-18(17)29)22(31)26-15-19(30)34-7/h10-13,16,20-21,29H,8-9,14-15H2,1-7H3,(H,26,31)(H,27,33). The second kappa shape index (κ2) is 13.6. The number of methoxy groups -OCH3 is 1. The van der Waals surface area contributed by atoms with E-state index < -0.39 is 48.1 Å². The lowest BCUT2D eigenvalue weighted by molar-refractivity contribution is -0.145. The van der Waals surface area contributed by atoms with Crippen molar-refractivity contribution in [3.63, 3.8) is 0 Å². The average molecular weight is 494 g/mol. The Morgan fingerprint density at radius 2 is 1.74 bits per heavy atom. The summed E-state index contributed by atoms with van der Waals surface area (Å²) in [6.07, 6.45) is 0.323. The van der Waals surface area contributed by atoms with E-state index in [2.05, 4.69) is 15.4 Å². The molecule has 1 aromatic carbocycles. The number of hydrogen-bond acceptors (Lipinski definition) is 7. The number of hydrogen-bond donors (Lipinski definition) is 3. The van der Waals surface area contributed by atoms with Crippen LogP contribution >= 0.6 is 0 Å². The first-order valence-corrected chi connectivity index (χ1v) is 11.8. The van der Waals surface area contributed by atoms with E-state index in [-0.39, 0.29) is 23.8 Å². The Morgan fingerprint density at radius 3 is 2.26 bits per heavy atom. The molecule has 0 heterocycles. The fourth-order valence-electron chi connectivity index (χ4n) is 3.40. The van der Waals surface area contributed by atoms with Crippen LogP contribution in [0.1, 0.15) is 66.0 Å². The predicted octanol–water partition coefficient (Wildman–Crippen LogP) is 2.90. The van der Waals surface area contributed by atoms with E-state index >= 15 is 0 Å². The number of carbonyl (C=O) groups is 4. The van der Waals surface area contributed by atoms with E-state index in [1.54, 1.807) is 32.9 Å². The zero-order valence-corrected chi connectivity index (χ0v) is 21.7. The second-order valence-corrected chi connectivity index (χ2v) is 9.30. The Balaban J connectivity index is 3.45. The predicted molar refractivity (Wildman–Crippen MR) is 130 cm³/mol. The molecule has 0 saturated carbocycles. The Hall–Kier alpha value is -3.30. The number of nitrogens with zero attached hydrogens (tertiary/aromatic N) is 1. The van der Waals surface area contributed by atoms with Crippen LogP contribution < -0.4 is 10.6 Å². The first kappa shape index (κ1) is 29.7. The number of esters is 1. The topological polar surface area (TPSA) is 134 Å². The molecule has 10 heteroatoms. The zero-order chi connectivity index (χ0) is 26.8. The number of carbonyl (C=O) groups excluding carboxylic acids is 4. The van der Waals surface area contributed by atoms with Crippen LogP contribution in [0.3, 0.4) is 0 Å². The van der Waals surface area contributed by atoms with Gasteiger partial charge < -0.3 is 30.1 Å². The van der Waals surface area contributed by atoms with Crippen LogP contribution in [0.2, 0.25) is 0 Å². The summed E-state index contributed by atoms with van der Waals surface area (Å²) in [5, 5.41) is 15.7. The third-order valence-corrected chi connectivity index (χ3v) is 5.32. The van der Waals surface area contributed by atoms with Gasteiger partial charge in [-0.05, 0) is 39.2 Å². The summed E-state index contributed by atoms with van der Waals surface area (Å²) >= 11 is 0. The van der Waals surface area contributed by atoms with Gasteiger partial charge in [0, 0.05) is 12.1 Å². The van der Waals surface area contributed by atoms with Crippen molar-refractivity contribution in [3.05, 3.63) is 29.8 Å². The SMILES string of the molecule is CCCN(C(=O)C(NC(=O)OC(C)(C)C)C(C)CC)C(C(=O)NCC(=O)OC)c1ccccc1O. The molecule has 10 nitrogen and oxygen atoms in total. The minimum Gasteiger partial charge on any atom is -0.508 e. The van der Waals surface area contributed by atoms with Gasteiger partial charge in [-0.1, -0.05) is 45.4 Å². The molecule has 0 radical (unpaired) electrons. The monoisotopic (exact) mass is 493 g/mol. The highest BCUT2D eigenvalue weighted by atomic mass is 16.6. The molecule has 3 amide bonds. The van der Waals surface area contributed by atoms with Gasteiger partial charge in [0.25, 0.3) is 0 Å². The summed E-state index contributed by atoms with van der Waals surface area (Å²) in [6, 6.07) is 3.95. The smallest absolute Gasteiger partial charge is 0.408 e. The zero-order valence-electron chi connectivity index (χ0n) is 21.7. The molecule has 0 bridgehead atoms. The first-order chi connectivity index (χ1) is 16.4. The van der Waals surface area contributed by atoms with E-state index in [9.17, 15) is 24.3 Å². The number of amides is 3. The number of para-hydroxylation sites is 1. The van der Waals surface area contributed by atoms with Crippen molar-refractivity contribution in [2.24, 2.45) is 5.92 Å². The molecular weight excluding hydrogens is 454 g/mol. The maximum atomic E-state index is 13.9. The number of ether oxygens (including phenoxy) is 2. The van der Waals surface area contributed by atoms with Gasteiger partial charge in [-0.3, -0.25) is 14.4 Å². The summed E-state index contributed by atoms with van der Waals surface area (Å²) in [4.78, 5) is 52.6. The molecule has 35 heavy (non-hydrogen) atoms. The average Bonchev–Trinajstić information content (AvgIpc) is 2.79. The van der Waals surface area contributed by atoms with Crippen LogP contribution in [0.4, 0.5) is 4.79 Å². The van der Waals surface area contributed by atoms with Gasteiger partial charge in [-0.25, -0.2) is 4.79 Å². The van der Waals surface area contributed by atoms with Gasteiger partial charge in [0.05, 0.1) is 7.11 Å². The Bertz CT molecular complexity index is 882. The molecular formula is C25H39N3O7. The summed E-state index contributed by atoms with van der Waals surface area (Å²) in [6.45, 7) is 10.5. The highest BCUT2D eigenvalue weighted by molar-refractivity contribution is 5.93. The van der Waals surface area contributed by atoms with Crippen LogP contribution in [0.15, 0.2) is 24.3 Å². The third kappa shape index (κ3) is 9.11. The molecule has 3 atom stereocenters. The fraction of sp³-hybridized carbons (Fsp3) is 0.600. The van der Waals surface area contributed by atoms with Crippen molar-refractivity contribution in [2.45, 2.75) is 72.1 Å². The van der Waals surface area contributed by atoms with Gasteiger partial charge in [-0.2, -0.15) is 0 Å². The number of aromatic hydroxyl groups is 1. The van der Waals surface area contributed by atoms with Crippen molar-refractivity contribution in [3.8, 4) is 5.75 Å². The van der Waals surface area contributed by atoms with E-state index in [1.807, 2.05) is 20.8 Å². The molecule has 1 aromatic rings. The molecule has 0 fully saturated rings. The minimum absolute atomic E-state index is 0.159. The Labute approximate surface area is 207 Å².